The van der Waals surface area contributed by atoms with Crippen molar-refractivity contribution in [1.82, 2.24) is 39.1 Å². The van der Waals surface area contributed by atoms with Gasteiger partial charge in [0.15, 0.2) is 22.9 Å². The Bertz CT molecular complexity index is 1600. The molecule has 0 atom stereocenters. The first-order valence-electron chi connectivity index (χ1n) is 11.6. The van der Waals surface area contributed by atoms with Crippen LogP contribution in [0.4, 0.5) is 4.39 Å². The highest BCUT2D eigenvalue weighted by molar-refractivity contribution is 6.31. The molecule has 1 aliphatic carbocycles. The lowest BCUT2D eigenvalue weighted by Crippen LogP contribution is -2.23. The molecule has 0 radical (unpaired) electrons. The lowest BCUT2D eigenvalue weighted by atomic mass is 10.2. The van der Waals surface area contributed by atoms with Gasteiger partial charge in [-0.3, -0.25) is 4.79 Å². The summed E-state index contributed by atoms with van der Waals surface area (Å²) in [5.41, 5.74) is 3.46. The monoisotopic (exact) mass is 508 g/mol. The van der Waals surface area contributed by atoms with Gasteiger partial charge in [-0.2, -0.15) is 0 Å². The van der Waals surface area contributed by atoms with Crippen molar-refractivity contribution in [2.24, 2.45) is 0 Å². The van der Waals surface area contributed by atoms with Crippen molar-refractivity contribution in [3.05, 3.63) is 76.7 Å². The van der Waals surface area contributed by atoms with Crippen molar-refractivity contribution in [1.29, 1.82) is 0 Å². The van der Waals surface area contributed by atoms with E-state index >= 15 is 0 Å². The molecule has 0 aliphatic heterocycles. The van der Waals surface area contributed by atoms with Crippen molar-refractivity contribution >= 4 is 28.7 Å². The van der Waals surface area contributed by atoms with Gasteiger partial charge in [0.05, 0.1) is 48.6 Å². The Hall–Kier alpha value is -3.99. The van der Waals surface area contributed by atoms with Crippen LogP contribution in [0.25, 0.3) is 11.2 Å². The molecule has 10 nitrogen and oxygen atoms in total. The number of fused-ring (bicyclic) bond motifs is 2. The zero-order chi connectivity index (χ0) is 24.8. The first-order valence-corrected chi connectivity index (χ1v) is 12.0. The molecule has 1 amide bonds. The van der Waals surface area contributed by atoms with E-state index < -0.39 is 11.7 Å². The molecule has 5 aromatic heterocycles. The Morgan fingerprint density at radius 3 is 2.94 bits per heavy atom. The molecule has 0 spiro atoms. The number of carbonyl (C=O) groups excluding carboxylic acids is 1. The molecule has 1 fully saturated rings. The van der Waals surface area contributed by atoms with Crippen LogP contribution in [0.1, 0.15) is 53.1 Å². The Morgan fingerprint density at radius 1 is 1.28 bits per heavy atom. The molecule has 1 aliphatic rings. The van der Waals surface area contributed by atoms with Crippen LogP contribution in [0.15, 0.2) is 43.2 Å². The van der Waals surface area contributed by atoms with Crippen LogP contribution >= 0.6 is 11.6 Å². The summed E-state index contributed by atoms with van der Waals surface area (Å²) in [6.07, 6.45) is 11.0. The third-order valence-electron chi connectivity index (χ3n) is 6.12. The highest BCUT2D eigenvalue weighted by atomic mass is 35.5. The Kier molecular flexibility index (Phi) is 5.56. The van der Waals surface area contributed by atoms with Crippen molar-refractivity contribution in [3.63, 3.8) is 0 Å². The van der Waals surface area contributed by atoms with E-state index in [4.69, 9.17) is 21.3 Å². The lowest BCUT2D eigenvalue weighted by molar-refractivity contribution is 0.0945. The highest BCUT2D eigenvalue weighted by Gasteiger charge is 2.25. The maximum Gasteiger partial charge on any atom is 0.273 e. The molecule has 184 valence electrons. The molecule has 5 aromatic rings. The van der Waals surface area contributed by atoms with Gasteiger partial charge in [-0.1, -0.05) is 16.8 Å². The van der Waals surface area contributed by atoms with Crippen LogP contribution in [-0.2, 0) is 13.1 Å². The minimum atomic E-state index is -0.587. The van der Waals surface area contributed by atoms with E-state index in [1.165, 1.54) is 35.2 Å². The number of pyridine rings is 2. The maximum absolute atomic E-state index is 14.4. The second-order valence-corrected chi connectivity index (χ2v) is 9.12. The Morgan fingerprint density at radius 2 is 2.14 bits per heavy atom. The largest absolute Gasteiger partial charge is 0.490 e. The molecule has 1 saturated carbocycles. The fraction of sp³-hybridized carbons (Fsp3) is 0.292. The Balaban J connectivity index is 1.17. The summed E-state index contributed by atoms with van der Waals surface area (Å²) < 4.78 is 25.3. The van der Waals surface area contributed by atoms with Crippen molar-refractivity contribution in [2.45, 2.75) is 38.8 Å². The first-order chi connectivity index (χ1) is 17.5. The number of nitrogens with zero attached hydrogens (tertiary/aromatic N) is 7. The number of hydrogen-bond donors (Lipinski definition) is 1. The number of carbonyl (C=O) groups is 1. The number of ether oxygens (including phenoxy) is 1. The summed E-state index contributed by atoms with van der Waals surface area (Å²) in [7, 11) is 0. The predicted octanol–water partition coefficient (Wildman–Crippen LogP) is 3.62. The number of halogens is 2. The van der Waals surface area contributed by atoms with E-state index in [0.29, 0.717) is 24.8 Å². The molecule has 6 rings (SSSR count). The summed E-state index contributed by atoms with van der Waals surface area (Å²) in [4.78, 5) is 21.5. The van der Waals surface area contributed by atoms with Crippen molar-refractivity contribution < 1.29 is 13.9 Å². The topological polar surface area (TPSA) is 104 Å². The fourth-order valence-corrected chi connectivity index (χ4v) is 4.38. The molecule has 0 saturated heterocycles. The lowest BCUT2D eigenvalue weighted by Gasteiger charge is -2.07. The van der Waals surface area contributed by atoms with Crippen molar-refractivity contribution in [3.8, 4) is 5.75 Å². The van der Waals surface area contributed by atoms with Crippen LogP contribution < -0.4 is 10.1 Å². The second kappa shape index (κ2) is 8.90. The molecule has 0 unspecified atom stereocenters. The molecule has 1 N–H and O–H groups in total. The summed E-state index contributed by atoms with van der Waals surface area (Å²) >= 11 is 5.88. The molecule has 12 heteroatoms. The minimum absolute atomic E-state index is 0.00935. The van der Waals surface area contributed by atoms with Gasteiger partial charge in [0.1, 0.15) is 5.52 Å². The average molecular weight is 509 g/mol. The van der Waals surface area contributed by atoms with E-state index in [-0.39, 0.29) is 22.8 Å². The fourth-order valence-electron chi connectivity index (χ4n) is 4.23. The standard InChI is InChI=1S/C24H22ClFN8O2/c1-2-36-20-7-15(14-3-4-14)9-33-10-16(29-23(20)33)11-34-12-19(30-31-34)24(35)27-8-18-22-21(26)17(25)5-6-32(22)13-28-18/h5-7,9-10,12-14H,2-4,8,11H2,1H3,(H,27,35). The van der Waals surface area contributed by atoms with Gasteiger partial charge in [-0.25, -0.2) is 19.0 Å². The number of rotatable bonds is 8. The van der Waals surface area contributed by atoms with E-state index in [0.717, 1.165) is 17.1 Å². The average Bonchev–Trinajstić information content (AvgIpc) is 3.27. The van der Waals surface area contributed by atoms with Crippen LogP contribution in [0.5, 0.6) is 5.75 Å². The van der Waals surface area contributed by atoms with E-state index in [9.17, 15) is 9.18 Å². The third kappa shape index (κ3) is 4.15. The zero-order valence-electron chi connectivity index (χ0n) is 19.4. The SMILES string of the molecule is CCOc1cc(C2CC2)cn2cc(Cn3cc(C(=O)NCc4ncn5ccc(Cl)c(F)c45)nn3)nc12. The summed E-state index contributed by atoms with van der Waals surface area (Å²) in [5, 5.41) is 10.7. The third-order valence-corrected chi connectivity index (χ3v) is 6.41. The quantitative estimate of drug-likeness (QED) is 0.343. The number of nitrogens with one attached hydrogen (secondary N) is 1. The van der Waals surface area contributed by atoms with Crippen LogP contribution in [-0.4, -0.2) is 46.3 Å². The first kappa shape index (κ1) is 22.5. The smallest absolute Gasteiger partial charge is 0.273 e. The van der Waals surface area contributed by atoms with E-state index in [1.54, 1.807) is 17.1 Å². The summed E-state index contributed by atoms with van der Waals surface area (Å²) in [6, 6.07) is 3.52. The molecular formula is C24H22ClFN8O2. The highest BCUT2D eigenvalue weighted by Crippen LogP contribution is 2.41. The van der Waals surface area contributed by atoms with Crippen LogP contribution in [0.3, 0.4) is 0 Å². The minimum Gasteiger partial charge on any atom is -0.490 e. The van der Waals surface area contributed by atoms with Crippen LogP contribution in [0, 0.1) is 5.82 Å². The van der Waals surface area contributed by atoms with Gasteiger partial charge < -0.3 is 18.9 Å². The normalized spacial score (nSPS) is 13.5. The van der Waals surface area contributed by atoms with Gasteiger partial charge in [-0.15, -0.1) is 5.10 Å². The molecule has 5 heterocycles. The molecular weight excluding hydrogens is 487 g/mol. The summed E-state index contributed by atoms with van der Waals surface area (Å²) in [5.74, 6) is 0.310. The van der Waals surface area contributed by atoms with Gasteiger partial charge in [0, 0.05) is 18.6 Å². The zero-order valence-corrected chi connectivity index (χ0v) is 20.1. The molecule has 36 heavy (non-hydrogen) atoms. The van der Waals surface area contributed by atoms with Gasteiger partial charge in [0.2, 0.25) is 0 Å². The Labute approximate surface area is 209 Å². The second-order valence-electron chi connectivity index (χ2n) is 8.72. The van der Waals surface area contributed by atoms with Gasteiger partial charge in [-0.05, 0) is 43.4 Å². The number of amides is 1. The maximum atomic E-state index is 14.4. The van der Waals surface area contributed by atoms with E-state index in [2.05, 4.69) is 32.9 Å². The number of hydrogen-bond acceptors (Lipinski definition) is 6. The summed E-state index contributed by atoms with van der Waals surface area (Å²) in [6.45, 7) is 2.85. The molecule has 0 aromatic carbocycles. The van der Waals surface area contributed by atoms with E-state index in [1.807, 2.05) is 17.5 Å². The van der Waals surface area contributed by atoms with Gasteiger partial charge >= 0.3 is 0 Å². The predicted molar refractivity (Wildman–Crippen MR) is 129 cm³/mol. The number of imidazole rings is 2. The van der Waals surface area contributed by atoms with Crippen molar-refractivity contribution in [2.75, 3.05) is 6.61 Å². The van der Waals surface area contributed by atoms with Crippen LogP contribution in [0.2, 0.25) is 5.02 Å². The van der Waals surface area contributed by atoms with Gasteiger partial charge in [0.25, 0.3) is 5.91 Å². The number of aromatic nitrogens is 7. The molecule has 0 bridgehead atoms.